The molecule has 0 unspecified atom stereocenters. The summed E-state index contributed by atoms with van der Waals surface area (Å²) >= 11 is 6.01. The quantitative estimate of drug-likeness (QED) is 0.238. The number of nitrogens with zero attached hydrogens (tertiary/aromatic N) is 2. The van der Waals surface area contributed by atoms with E-state index in [0.717, 1.165) is 27.2 Å². The molecule has 5 rings (SSSR count). The van der Waals surface area contributed by atoms with Crippen LogP contribution in [0, 0.1) is 0 Å². The largest absolute Gasteiger partial charge is 0.480 e. The van der Waals surface area contributed by atoms with E-state index in [-0.39, 0.29) is 40.4 Å². The molecule has 44 heavy (non-hydrogen) atoms. The van der Waals surface area contributed by atoms with Crippen molar-refractivity contribution in [3.8, 4) is 11.1 Å². The van der Waals surface area contributed by atoms with Gasteiger partial charge in [0.25, 0.3) is 10.0 Å². The number of nitrogens with one attached hydrogen (secondary N) is 1. The lowest BCUT2D eigenvalue weighted by molar-refractivity contribution is -0.135. The van der Waals surface area contributed by atoms with Gasteiger partial charge in [-0.25, -0.2) is 13.2 Å². The summed E-state index contributed by atoms with van der Waals surface area (Å²) in [6, 6.07) is 27.1. The Bertz CT molecular complexity index is 1800. The average Bonchev–Trinajstić information content (AvgIpc) is 3.32. The molecule has 10 nitrogen and oxygen atoms in total. The second kappa shape index (κ2) is 12.8. The van der Waals surface area contributed by atoms with Crippen molar-refractivity contribution in [2.45, 2.75) is 10.8 Å². The molecule has 0 bridgehead atoms. The van der Waals surface area contributed by atoms with Crippen LogP contribution in [0.3, 0.4) is 0 Å². The predicted octanol–water partition coefficient (Wildman–Crippen LogP) is 5.44. The van der Waals surface area contributed by atoms with Crippen LogP contribution in [-0.4, -0.2) is 63.1 Å². The number of anilines is 2. The number of hydrogen-bond acceptors (Lipinski definition) is 6. The molecule has 0 fully saturated rings. The Morgan fingerprint density at radius 2 is 1.50 bits per heavy atom. The summed E-state index contributed by atoms with van der Waals surface area (Å²) in [6.45, 7) is -1.11. The molecule has 2 amide bonds. The number of carboxylic acids is 1. The molecule has 1 aliphatic rings. The highest BCUT2D eigenvalue weighted by Gasteiger charge is 2.30. The van der Waals surface area contributed by atoms with Crippen LogP contribution in [0.4, 0.5) is 16.2 Å². The highest BCUT2D eigenvalue weighted by atomic mass is 35.5. The molecular formula is C32H28ClN3O7S. The second-order valence-electron chi connectivity index (χ2n) is 10.1. The van der Waals surface area contributed by atoms with Crippen molar-refractivity contribution in [1.82, 2.24) is 4.90 Å². The first-order valence-electron chi connectivity index (χ1n) is 13.5. The number of carbonyl (C=O) groups excluding carboxylic acids is 2. The first kappa shape index (κ1) is 30.6. The van der Waals surface area contributed by atoms with Crippen molar-refractivity contribution in [3.63, 3.8) is 0 Å². The molecule has 0 aromatic heterocycles. The lowest BCUT2D eigenvalue weighted by Gasteiger charge is -2.23. The summed E-state index contributed by atoms with van der Waals surface area (Å²) in [5.41, 5.74) is 4.53. The topological polar surface area (TPSA) is 133 Å². The minimum atomic E-state index is -4.36. The van der Waals surface area contributed by atoms with E-state index in [4.69, 9.17) is 16.3 Å². The first-order chi connectivity index (χ1) is 21.0. The van der Waals surface area contributed by atoms with Crippen LogP contribution in [0.15, 0.2) is 102 Å². The van der Waals surface area contributed by atoms with Crippen LogP contribution in [0.1, 0.15) is 17.0 Å². The van der Waals surface area contributed by atoms with E-state index in [1.807, 2.05) is 48.5 Å². The highest BCUT2D eigenvalue weighted by molar-refractivity contribution is 7.92. The molecule has 0 heterocycles. The van der Waals surface area contributed by atoms with E-state index in [9.17, 15) is 27.9 Å². The van der Waals surface area contributed by atoms with E-state index >= 15 is 0 Å². The second-order valence-corrected chi connectivity index (χ2v) is 12.4. The zero-order valence-corrected chi connectivity index (χ0v) is 25.1. The SMILES string of the molecule is CN(CC(=O)Nc1cccc(S(=O)(=O)N(CC(=O)O)c2cccc(Cl)c2)c1)C(=O)OCC1c2ccccc2-c2ccccc21. The van der Waals surface area contributed by atoms with Crippen molar-refractivity contribution in [2.75, 3.05) is 36.4 Å². The number of likely N-dealkylation sites (N-methyl/N-ethyl adjacent to an activating group) is 1. The fourth-order valence-corrected chi connectivity index (χ4v) is 6.75. The molecule has 0 spiro atoms. The van der Waals surface area contributed by atoms with Crippen molar-refractivity contribution in [3.05, 3.63) is 113 Å². The van der Waals surface area contributed by atoms with Crippen LogP contribution in [0.2, 0.25) is 5.02 Å². The van der Waals surface area contributed by atoms with Gasteiger partial charge in [-0.1, -0.05) is 72.3 Å². The van der Waals surface area contributed by atoms with Crippen molar-refractivity contribution in [2.24, 2.45) is 0 Å². The maximum atomic E-state index is 13.5. The van der Waals surface area contributed by atoms with Gasteiger partial charge in [0.15, 0.2) is 0 Å². The average molecular weight is 634 g/mol. The van der Waals surface area contributed by atoms with Gasteiger partial charge < -0.3 is 20.1 Å². The fourth-order valence-electron chi connectivity index (χ4n) is 5.12. The molecule has 12 heteroatoms. The van der Waals surface area contributed by atoms with Crippen LogP contribution < -0.4 is 9.62 Å². The Kier molecular flexibility index (Phi) is 8.88. The zero-order valence-electron chi connectivity index (χ0n) is 23.5. The maximum Gasteiger partial charge on any atom is 0.409 e. The number of amides is 2. The van der Waals surface area contributed by atoms with Crippen LogP contribution in [0.25, 0.3) is 11.1 Å². The van der Waals surface area contributed by atoms with Gasteiger partial charge >= 0.3 is 12.1 Å². The van der Waals surface area contributed by atoms with Gasteiger partial charge in [-0.05, 0) is 58.7 Å². The summed E-state index contributed by atoms with van der Waals surface area (Å²) in [4.78, 5) is 38.0. The predicted molar refractivity (Wildman–Crippen MR) is 166 cm³/mol. The monoisotopic (exact) mass is 633 g/mol. The third-order valence-electron chi connectivity index (χ3n) is 7.11. The summed E-state index contributed by atoms with van der Waals surface area (Å²) in [7, 11) is -2.94. The Hall–Kier alpha value is -4.87. The smallest absolute Gasteiger partial charge is 0.409 e. The molecule has 1 aliphatic carbocycles. The van der Waals surface area contributed by atoms with Crippen LogP contribution in [0.5, 0.6) is 0 Å². The number of fused-ring (bicyclic) bond motifs is 3. The lowest BCUT2D eigenvalue weighted by Crippen LogP contribution is -2.36. The number of carboxylic acid groups (broad SMARTS) is 1. The summed E-state index contributed by atoms with van der Waals surface area (Å²) in [5, 5.41) is 12.2. The Balaban J connectivity index is 1.23. The third-order valence-corrected chi connectivity index (χ3v) is 9.11. The molecule has 4 aromatic rings. The van der Waals surface area contributed by atoms with E-state index in [1.165, 1.54) is 55.6 Å². The molecule has 226 valence electrons. The van der Waals surface area contributed by atoms with Gasteiger partial charge in [0, 0.05) is 23.7 Å². The molecule has 0 saturated heterocycles. The number of aliphatic carboxylic acids is 1. The number of ether oxygens (including phenoxy) is 1. The van der Waals surface area contributed by atoms with E-state index < -0.39 is 34.5 Å². The maximum absolute atomic E-state index is 13.5. The van der Waals surface area contributed by atoms with Crippen LogP contribution in [-0.2, 0) is 24.3 Å². The van der Waals surface area contributed by atoms with Gasteiger partial charge in [-0.15, -0.1) is 0 Å². The van der Waals surface area contributed by atoms with Crippen LogP contribution >= 0.6 is 11.6 Å². The fraction of sp³-hybridized carbons (Fsp3) is 0.156. The molecular weight excluding hydrogens is 606 g/mol. The zero-order chi connectivity index (χ0) is 31.4. The molecule has 0 saturated carbocycles. The highest BCUT2D eigenvalue weighted by Crippen LogP contribution is 2.44. The number of sulfonamides is 1. The van der Waals surface area contributed by atoms with Gasteiger partial charge in [-0.2, -0.15) is 0 Å². The molecule has 4 aromatic carbocycles. The summed E-state index contributed by atoms with van der Waals surface area (Å²) < 4.78 is 33.2. The number of halogens is 1. The Morgan fingerprint density at radius 1 is 0.864 bits per heavy atom. The van der Waals surface area contributed by atoms with E-state index in [2.05, 4.69) is 5.32 Å². The summed E-state index contributed by atoms with van der Waals surface area (Å²) in [6.07, 6.45) is -0.691. The third kappa shape index (κ3) is 6.53. The van der Waals surface area contributed by atoms with Crippen molar-refractivity contribution < 1.29 is 32.6 Å². The lowest BCUT2D eigenvalue weighted by atomic mass is 9.98. The van der Waals surface area contributed by atoms with Gasteiger partial charge in [0.2, 0.25) is 5.91 Å². The van der Waals surface area contributed by atoms with E-state index in [0.29, 0.717) is 4.31 Å². The van der Waals surface area contributed by atoms with Gasteiger partial charge in [0.05, 0.1) is 10.6 Å². The Labute approximate surface area is 259 Å². The number of rotatable bonds is 10. The minimum Gasteiger partial charge on any atom is -0.480 e. The van der Waals surface area contributed by atoms with E-state index in [1.54, 1.807) is 0 Å². The number of carbonyl (C=O) groups is 3. The minimum absolute atomic E-state index is 0.0686. The van der Waals surface area contributed by atoms with Gasteiger partial charge in [-0.3, -0.25) is 13.9 Å². The molecule has 0 aliphatic heterocycles. The standard InChI is InChI=1S/C32H28ClN3O7S/c1-35(32(40)43-20-29-27-14-4-2-12-25(27)26-13-3-5-15-28(26)29)18-30(37)34-22-9-7-11-24(17-22)44(41,42)36(19-31(38)39)23-10-6-8-21(33)16-23/h2-17,29H,18-20H2,1H3,(H,34,37)(H,38,39). The molecule has 0 radical (unpaired) electrons. The molecule has 2 N–H and O–H groups in total. The first-order valence-corrected chi connectivity index (χ1v) is 15.3. The summed E-state index contributed by atoms with van der Waals surface area (Å²) in [5.74, 6) is -2.09. The van der Waals surface area contributed by atoms with Crippen molar-refractivity contribution in [1.29, 1.82) is 0 Å². The van der Waals surface area contributed by atoms with Gasteiger partial charge in [0.1, 0.15) is 19.7 Å². The number of hydrogen-bond donors (Lipinski definition) is 2. The molecule has 0 atom stereocenters. The Morgan fingerprint density at radius 3 is 2.14 bits per heavy atom. The normalized spacial score (nSPS) is 12.1. The number of benzene rings is 4. The van der Waals surface area contributed by atoms with Crippen molar-refractivity contribution >= 4 is 51.0 Å².